The molecule has 0 fully saturated rings. The van der Waals surface area contributed by atoms with Gasteiger partial charge in [-0.15, -0.1) is 0 Å². The normalized spacial score (nSPS) is 11.2. The van der Waals surface area contributed by atoms with Crippen molar-refractivity contribution in [1.29, 1.82) is 0 Å². The second-order valence-electron chi connectivity index (χ2n) is 4.01. The van der Waals surface area contributed by atoms with Gasteiger partial charge in [-0.05, 0) is 13.0 Å². The Morgan fingerprint density at radius 2 is 1.89 bits per heavy atom. The van der Waals surface area contributed by atoms with Crippen LogP contribution >= 0.6 is 10.7 Å². The van der Waals surface area contributed by atoms with E-state index in [0.29, 0.717) is 0 Å². The summed E-state index contributed by atoms with van der Waals surface area (Å²) in [6, 6.07) is 1.87. The number of amides is 1. The van der Waals surface area contributed by atoms with Gasteiger partial charge in [-0.25, -0.2) is 8.42 Å². The maximum atomic E-state index is 11.9. The number of rotatable bonds is 3. The van der Waals surface area contributed by atoms with Crippen LogP contribution in [-0.4, -0.2) is 38.2 Å². The highest BCUT2D eigenvalue weighted by Crippen LogP contribution is 2.28. The lowest BCUT2D eigenvalue weighted by Gasteiger charge is -2.13. The number of carbonyl (C=O) groups is 1. The van der Waals surface area contributed by atoms with Crippen LogP contribution in [0.4, 0.5) is 5.69 Å². The van der Waals surface area contributed by atoms with Gasteiger partial charge in [0.25, 0.3) is 20.6 Å². The van der Waals surface area contributed by atoms with E-state index in [4.69, 9.17) is 10.7 Å². The summed E-state index contributed by atoms with van der Waals surface area (Å²) in [4.78, 5) is 22.7. The largest absolute Gasteiger partial charge is 0.345 e. The highest BCUT2D eigenvalue weighted by atomic mass is 35.7. The molecule has 0 aliphatic carbocycles. The van der Waals surface area contributed by atoms with Gasteiger partial charge in [0, 0.05) is 36.4 Å². The van der Waals surface area contributed by atoms with E-state index in [1.165, 1.54) is 25.9 Å². The molecule has 0 radical (unpaired) electrons. The van der Waals surface area contributed by atoms with Gasteiger partial charge in [-0.1, -0.05) is 0 Å². The van der Waals surface area contributed by atoms with Crippen molar-refractivity contribution in [2.24, 2.45) is 0 Å². The summed E-state index contributed by atoms with van der Waals surface area (Å²) in [6.45, 7) is 1.37. The standard InChI is InChI=1S/C10H11ClN2O5S/c1-6-8(10(14)12(2)3)4-7(19(11,17)18)5-9(6)13(15)16/h4-5H,1-3H3. The van der Waals surface area contributed by atoms with Crippen LogP contribution in [0.25, 0.3) is 0 Å². The minimum absolute atomic E-state index is 0.0709. The molecule has 0 heterocycles. The lowest BCUT2D eigenvalue weighted by Crippen LogP contribution is -2.23. The fraction of sp³-hybridized carbons (Fsp3) is 0.300. The van der Waals surface area contributed by atoms with E-state index in [1.807, 2.05) is 0 Å². The molecule has 0 N–H and O–H groups in total. The third-order valence-corrected chi connectivity index (χ3v) is 3.80. The lowest BCUT2D eigenvalue weighted by molar-refractivity contribution is -0.385. The van der Waals surface area contributed by atoms with Crippen molar-refractivity contribution in [2.45, 2.75) is 11.8 Å². The zero-order chi connectivity index (χ0) is 15.0. The number of halogens is 1. The Balaban J connectivity index is 3.68. The Morgan fingerprint density at radius 1 is 1.37 bits per heavy atom. The molecule has 1 aromatic carbocycles. The zero-order valence-corrected chi connectivity index (χ0v) is 11.9. The number of hydrogen-bond donors (Lipinski definition) is 0. The molecule has 104 valence electrons. The Bertz CT molecular complexity index is 654. The summed E-state index contributed by atoms with van der Waals surface area (Å²) < 4.78 is 22.6. The predicted molar refractivity (Wildman–Crippen MR) is 68.9 cm³/mol. The van der Waals surface area contributed by atoms with Crippen molar-refractivity contribution in [1.82, 2.24) is 4.90 Å². The summed E-state index contributed by atoms with van der Waals surface area (Å²) in [7, 11) is 3.92. The van der Waals surface area contributed by atoms with E-state index < -0.39 is 30.5 Å². The molecule has 0 aliphatic heterocycles. The summed E-state index contributed by atoms with van der Waals surface area (Å²) >= 11 is 0. The first-order valence-electron chi connectivity index (χ1n) is 5.01. The van der Waals surface area contributed by atoms with Crippen molar-refractivity contribution in [3.8, 4) is 0 Å². The molecule has 1 amide bonds. The highest BCUT2D eigenvalue weighted by Gasteiger charge is 2.25. The molecule has 1 aromatic rings. The monoisotopic (exact) mass is 306 g/mol. The highest BCUT2D eigenvalue weighted by molar-refractivity contribution is 8.13. The van der Waals surface area contributed by atoms with E-state index in [1.54, 1.807) is 0 Å². The number of hydrogen-bond acceptors (Lipinski definition) is 5. The van der Waals surface area contributed by atoms with Crippen molar-refractivity contribution in [3.05, 3.63) is 33.4 Å². The minimum Gasteiger partial charge on any atom is -0.345 e. The van der Waals surface area contributed by atoms with Crippen LogP contribution in [0.3, 0.4) is 0 Å². The number of carbonyl (C=O) groups excluding carboxylic acids is 1. The average Bonchev–Trinajstić information content (AvgIpc) is 2.26. The molecule has 0 saturated heterocycles. The Labute approximate surface area is 114 Å². The molecule has 0 saturated carbocycles. The van der Waals surface area contributed by atoms with Gasteiger partial charge in [-0.3, -0.25) is 14.9 Å². The van der Waals surface area contributed by atoms with Crippen LogP contribution in [0.15, 0.2) is 17.0 Å². The molecular weight excluding hydrogens is 296 g/mol. The summed E-state index contributed by atoms with van der Waals surface area (Å²) in [5, 5.41) is 10.9. The maximum Gasteiger partial charge on any atom is 0.274 e. The van der Waals surface area contributed by atoms with Crippen molar-refractivity contribution in [3.63, 3.8) is 0 Å². The number of nitrogens with zero attached hydrogens (tertiary/aromatic N) is 2. The van der Waals surface area contributed by atoms with Gasteiger partial charge < -0.3 is 4.90 Å². The van der Waals surface area contributed by atoms with Gasteiger partial charge in [0.1, 0.15) is 0 Å². The van der Waals surface area contributed by atoms with E-state index >= 15 is 0 Å². The van der Waals surface area contributed by atoms with E-state index in [9.17, 15) is 23.3 Å². The van der Waals surface area contributed by atoms with Crippen molar-refractivity contribution >= 4 is 31.3 Å². The first-order valence-corrected chi connectivity index (χ1v) is 7.32. The van der Waals surface area contributed by atoms with Gasteiger partial charge in [0.2, 0.25) is 0 Å². The molecule has 19 heavy (non-hydrogen) atoms. The molecule has 0 aliphatic rings. The van der Waals surface area contributed by atoms with Crippen LogP contribution in [0, 0.1) is 17.0 Å². The first kappa shape index (κ1) is 15.4. The van der Waals surface area contributed by atoms with Crippen molar-refractivity contribution < 1.29 is 18.1 Å². The maximum absolute atomic E-state index is 11.9. The number of nitro groups is 1. The van der Waals surface area contributed by atoms with Gasteiger partial charge in [0.05, 0.1) is 15.4 Å². The van der Waals surface area contributed by atoms with Gasteiger partial charge in [-0.2, -0.15) is 0 Å². The van der Waals surface area contributed by atoms with Crippen molar-refractivity contribution in [2.75, 3.05) is 14.1 Å². The third kappa shape index (κ3) is 3.21. The second-order valence-corrected chi connectivity index (χ2v) is 6.58. The smallest absolute Gasteiger partial charge is 0.274 e. The fourth-order valence-electron chi connectivity index (χ4n) is 1.47. The minimum atomic E-state index is -4.16. The molecule has 7 nitrogen and oxygen atoms in total. The van der Waals surface area contributed by atoms with E-state index in [0.717, 1.165) is 12.1 Å². The molecule has 0 unspecified atom stereocenters. The summed E-state index contributed by atoms with van der Waals surface area (Å²) in [5.41, 5.74) is -0.446. The Morgan fingerprint density at radius 3 is 2.26 bits per heavy atom. The molecule has 1 rings (SSSR count). The fourth-order valence-corrected chi connectivity index (χ4v) is 2.24. The second kappa shape index (κ2) is 5.14. The SMILES string of the molecule is Cc1c(C(=O)N(C)C)cc(S(=O)(=O)Cl)cc1[N+](=O)[O-]. The van der Waals surface area contributed by atoms with Crippen LogP contribution in [-0.2, 0) is 9.05 Å². The topological polar surface area (TPSA) is 97.6 Å². The Kier molecular flexibility index (Phi) is 4.16. The Hall–Kier alpha value is -1.67. The number of nitro benzene ring substituents is 1. The molecule has 0 aromatic heterocycles. The van der Waals surface area contributed by atoms with Crippen LogP contribution in [0.1, 0.15) is 15.9 Å². The van der Waals surface area contributed by atoms with Crippen LogP contribution < -0.4 is 0 Å². The van der Waals surface area contributed by atoms with Gasteiger partial charge >= 0.3 is 0 Å². The molecule has 9 heteroatoms. The molecule has 0 bridgehead atoms. The zero-order valence-electron chi connectivity index (χ0n) is 10.4. The quantitative estimate of drug-likeness (QED) is 0.479. The van der Waals surface area contributed by atoms with Crippen LogP contribution in [0.2, 0.25) is 0 Å². The average molecular weight is 307 g/mol. The predicted octanol–water partition coefficient (Wildman–Crippen LogP) is 1.53. The lowest BCUT2D eigenvalue weighted by atomic mass is 10.1. The number of benzene rings is 1. The van der Waals surface area contributed by atoms with E-state index in [2.05, 4.69) is 0 Å². The molecule has 0 atom stereocenters. The van der Waals surface area contributed by atoms with Gasteiger partial charge in [0.15, 0.2) is 0 Å². The molecule has 0 spiro atoms. The van der Waals surface area contributed by atoms with E-state index in [-0.39, 0.29) is 11.1 Å². The molecular formula is C10H11ClN2O5S. The van der Waals surface area contributed by atoms with Crippen LogP contribution in [0.5, 0.6) is 0 Å². The third-order valence-electron chi connectivity index (χ3n) is 2.47. The summed E-state index contributed by atoms with van der Waals surface area (Å²) in [6.07, 6.45) is 0. The first-order chi connectivity index (χ1) is 8.55. The summed E-state index contributed by atoms with van der Waals surface area (Å²) in [5.74, 6) is -0.539.